The lowest BCUT2D eigenvalue weighted by Crippen LogP contribution is -2.54. The molecule has 0 bridgehead atoms. The molecule has 0 spiro atoms. The van der Waals surface area contributed by atoms with Gasteiger partial charge in [-0.2, -0.15) is 0 Å². The minimum Gasteiger partial charge on any atom is -0.490 e. The molecule has 4 aromatic rings. The summed E-state index contributed by atoms with van der Waals surface area (Å²) in [6.45, 7) is 4.21. The van der Waals surface area contributed by atoms with Gasteiger partial charge in [-0.15, -0.1) is 0 Å². The number of para-hydroxylation sites is 1. The Kier molecular flexibility index (Phi) is 7.34. The molecule has 1 fully saturated rings. The third-order valence-corrected chi connectivity index (χ3v) is 6.63. The quantitative estimate of drug-likeness (QED) is 0.215. The van der Waals surface area contributed by atoms with Crippen LogP contribution in [-0.4, -0.2) is 24.5 Å². The van der Waals surface area contributed by atoms with Gasteiger partial charge in [0.2, 0.25) is 0 Å². The molecule has 0 aromatic heterocycles. The summed E-state index contributed by atoms with van der Waals surface area (Å²) in [7, 11) is 0. The summed E-state index contributed by atoms with van der Waals surface area (Å²) in [6.07, 6.45) is 1.39. The zero-order chi connectivity index (χ0) is 27.5. The van der Waals surface area contributed by atoms with Gasteiger partial charge >= 0.3 is 6.03 Å². The SMILES string of the molecule is CCOc1cc(/C=C2\C(=O)NC(=O)N(c3ccccc3C)C2=O)cc(Cl)c1OCc1cccc2ccccc12. The van der Waals surface area contributed by atoms with Crippen molar-refractivity contribution in [1.29, 1.82) is 0 Å². The Labute approximate surface area is 230 Å². The lowest BCUT2D eigenvalue weighted by Gasteiger charge is -2.27. The van der Waals surface area contributed by atoms with Crippen LogP contribution in [-0.2, 0) is 16.2 Å². The van der Waals surface area contributed by atoms with Gasteiger partial charge < -0.3 is 9.47 Å². The molecule has 0 unspecified atom stereocenters. The molecular formula is C31H25ClN2O5. The standard InChI is InChI=1S/C31H25ClN2O5/c1-3-38-27-17-20(15-24-29(35)33-31(37)34(30(24)36)26-14-7-4-9-19(26)2)16-25(32)28(27)39-18-22-12-8-11-21-10-5-6-13-23(21)22/h4-17H,3,18H2,1-2H3,(H,33,35,37)/b24-15+. The third kappa shape index (κ3) is 5.22. The lowest BCUT2D eigenvalue weighted by molar-refractivity contribution is -0.122. The van der Waals surface area contributed by atoms with E-state index in [0.29, 0.717) is 34.9 Å². The number of nitrogens with zero attached hydrogens (tertiary/aromatic N) is 1. The number of barbiturate groups is 1. The van der Waals surface area contributed by atoms with Gasteiger partial charge in [0.15, 0.2) is 11.5 Å². The van der Waals surface area contributed by atoms with Gasteiger partial charge in [-0.05, 0) is 65.6 Å². The molecule has 7 nitrogen and oxygen atoms in total. The fourth-order valence-corrected chi connectivity index (χ4v) is 4.77. The van der Waals surface area contributed by atoms with E-state index in [1.54, 1.807) is 43.3 Å². The molecule has 1 saturated heterocycles. The highest BCUT2D eigenvalue weighted by Gasteiger charge is 2.37. The Morgan fingerprint density at radius 1 is 0.923 bits per heavy atom. The van der Waals surface area contributed by atoms with Gasteiger partial charge in [-0.3, -0.25) is 14.9 Å². The van der Waals surface area contributed by atoms with Crippen LogP contribution in [0.25, 0.3) is 16.8 Å². The maximum Gasteiger partial charge on any atom is 0.335 e. The number of urea groups is 1. The minimum absolute atomic E-state index is 0.208. The number of benzene rings is 4. The molecule has 1 aliphatic heterocycles. The summed E-state index contributed by atoms with van der Waals surface area (Å²) in [5.74, 6) is -0.805. The van der Waals surface area contributed by atoms with E-state index in [9.17, 15) is 14.4 Å². The van der Waals surface area contributed by atoms with Crippen molar-refractivity contribution in [1.82, 2.24) is 5.32 Å². The van der Waals surface area contributed by atoms with Crippen LogP contribution < -0.4 is 19.7 Å². The Morgan fingerprint density at radius 2 is 1.67 bits per heavy atom. The van der Waals surface area contributed by atoms with E-state index in [0.717, 1.165) is 21.2 Å². The van der Waals surface area contributed by atoms with Crippen LogP contribution in [0.15, 0.2) is 84.4 Å². The number of amides is 4. The maximum atomic E-state index is 13.3. The predicted molar refractivity (Wildman–Crippen MR) is 151 cm³/mol. The van der Waals surface area contributed by atoms with Gasteiger partial charge in [0.25, 0.3) is 11.8 Å². The van der Waals surface area contributed by atoms with Crippen LogP contribution in [0, 0.1) is 6.92 Å². The molecular weight excluding hydrogens is 516 g/mol. The number of nitrogens with one attached hydrogen (secondary N) is 1. The number of ether oxygens (including phenoxy) is 2. The van der Waals surface area contributed by atoms with E-state index < -0.39 is 17.8 Å². The lowest BCUT2D eigenvalue weighted by atomic mass is 10.0. The monoisotopic (exact) mass is 540 g/mol. The van der Waals surface area contributed by atoms with Crippen LogP contribution >= 0.6 is 11.6 Å². The molecule has 196 valence electrons. The van der Waals surface area contributed by atoms with Crippen LogP contribution in [0.2, 0.25) is 5.02 Å². The van der Waals surface area contributed by atoms with Gasteiger partial charge in [-0.1, -0.05) is 72.3 Å². The largest absolute Gasteiger partial charge is 0.490 e. The van der Waals surface area contributed by atoms with E-state index in [1.165, 1.54) is 6.08 Å². The normalized spacial score (nSPS) is 14.6. The molecule has 39 heavy (non-hydrogen) atoms. The Hall–Kier alpha value is -4.62. The fourth-order valence-electron chi connectivity index (χ4n) is 4.50. The van der Waals surface area contributed by atoms with Crippen molar-refractivity contribution in [3.63, 3.8) is 0 Å². The highest BCUT2D eigenvalue weighted by atomic mass is 35.5. The van der Waals surface area contributed by atoms with Crippen molar-refractivity contribution in [2.75, 3.05) is 11.5 Å². The first-order valence-electron chi connectivity index (χ1n) is 12.4. The van der Waals surface area contributed by atoms with Crippen LogP contribution in [0.1, 0.15) is 23.6 Å². The summed E-state index contributed by atoms with van der Waals surface area (Å²) in [4.78, 5) is 39.5. The second-order valence-corrected chi connectivity index (χ2v) is 9.34. The average molecular weight is 541 g/mol. The smallest absolute Gasteiger partial charge is 0.335 e. The van der Waals surface area contributed by atoms with E-state index in [2.05, 4.69) is 5.32 Å². The topological polar surface area (TPSA) is 84.9 Å². The average Bonchev–Trinajstić information content (AvgIpc) is 2.92. The molecule has 4 aromatic carbocycles. The maximum absolute atomic E-state index is 13.3. The number of fused-ring (bicyclic) bond motifs is 1. The van der Waals surface area contributed by atoms with Crippen LogP contribution in [0.5, 0.6) is 11.5 Å². The molecule has 4 amide bonds. The zero-order valence-corrected chi connectivity index (χ0v) is 22.1. The molecule has 1 heterocycles. The number of carbonyl (C=O) groups excluding carboxylic acids is 3. The first-order valence-corrected chi connectivity index (χ1v) is 12.8. The van der Waals surface area contributed by atoms with Gasteiger partial charge in [0, 0.05) is 0 Å². The number of halogens is 1. The van der Waals surface area contributed by atoms with Crippen molar-refractivity contribution in [2.45, 2.75) is 20.5 Å². The molecule has 0 saturated carbocycles. The van der Waals surface area contributed by atoms with E-state index >= 15 is 0 Å². The van der Waals surface area contributed by atoms with Crippen molar-refractivity contribution in [3.05, 3.63) is 106 Å². The predicted octanol–water partition coefficient (Wildman–Crippen LogP) is 6.45. The molecule has 0 aliphatic carbocycles. The summed E-state index contributed by atoms with van der Waals surface area (Å²) in [5, 5.41) is 4.67. The van der Waals surface area contributed by atoms with Gasteiger partial charge in [0.1, 0.15) is 12.2 Å². The third-order valence-electron chi connectivity index (χ3n) is 6.35. The van der Waals surface area contributed by atoms with Crippen LogP contribution in [0.4, 0.5) is 10.5 Å². The summed E-state index contributed by atoms with van der Waals surface area (Å²) < 4.78 is 11.9. The van der Waals surface area contributed by atoms with E-state index in [4.69, 9.17) is 21.1 Å². The number of imide groups is 2. The Balaban J connectivity index is 1.47. The number of carbonyl (C=O) groups is 3. The second-order valence-electron chi connectivity index (χ2n) is 8.93. The number of aryl methyl sites for hydroxylation is 1. The van der Waals surface area contributed by atoms with E-state index in [-0.39, 0.29) is 17.2 Å². The van der Waals surface area contributed by atoms with Crippen LogP contribution in [0.3, 0.4) is 0 Å². The number of hydrogen-bond donors (Lipinski definition) is 1. The minimum atomic E-state index is -0.804. The summed E-state index contributed by atoms with van der Waals surface area (Å²) in [6, 6.07) is 23.4. The highest BCUT2D eigenvalue weighted by Crippen LogP contribution is 2.38. The molecule has 0 atom stereocenters. The Morgan fingerprint density at radius 3 is 2.46 bits per heavy atom. The highest BCUT2D eigenvalue weighted by molar-refractivity contribution is 6.39. The number of anilines is 1. The van der Waals surface area contributed by atoms with Crippen molar-refractivity contribution < 1.29 is 23.9 Å². The number of rotatable bonds is 7. The Bertz CT molecular complexity index is 1640. The molecule has 8 heteroatoms. The fraction of sp³-hybridized carbons (Fsp3) is 0.129. The first-order chi connectivity index (χ1) is 18.9. The van der Waals surface area contributed by atoms with Crippen molar-refractivity contribution in [3.8, 4) is 11.5 Å². The molecule has 1 aliphatic rings. The van der Waals surface area contributed by atoms with Gasteiger partial charge in [-0.25, -0.2) is 9.69 Å². The second kappa shape index (κ2) is 11.0. The first kappa shape index (κ1) is 26.0. The van der Waals surface area contributed by atoms with Gasteiger partial charge in [0.05, 0.1) is 17.3 Å². The zero-order valence-electron chi connectivity index (χ0n) is 21.4. The summed E-state index contributed by atoms with van der Waals surface area (Å²) in [5.41, 5.74) is 2.33. The summed E-state index contributed by atoms with van der Waals surface area (Å²) >= 11 is 6.63. The molecule has 1 N–H and O–H groups in total. The van der Waals surface area contributed by atoms with E-state index in [1.807, 2.05) is 49.4 Å². The molecule has 0 radical (unpaired) electrons. The van der Waals surface area contributed by atoms with Crippen molar-refractivity contribution >= 4 is 52.0 Å². The van der Waals surface area contributed by atoms with Crippen molar-refractivity contribution in [2.24, 2.45) is 0 Å². The molecule has 5 rings (SSSR count). The number of hydrogen-bond acceptors (Lipinski definition) is 5.